The van der Waals surface area contributed by atoms with Crippen molar-refractivity contribution in [1.29, 1.82) is 0 Å². The van der Waals surface area contributed by atoms with Crippen LogP contribution in [0.4, 0.5) is 0 Å². The zero-order chi connectivity index (χ0) is 48.4. The minimum atomic E-state index is -1.52. The summed E-state index contributed by atoms with van der Waals surface area (Å²) in [4.78, 5) is 103. The van der Waals surface area contributed by atoms with Crippen LogP contribution in [0.15, 0.2) is 78.4 Å². The number of thiophene rings is 1. The zero-order valence-electron chi connectivity index (χ0n) is 38.4. The highest BCUT2D eigenvalue weighted by atomic mass is 32.1. The number of fused-ring (bicyclic) bond motifs is 2. The van der Waals surface area contributed by atoms with E-state index in [9.17, 15) is 28.8 Å². The second-order valence-corrected chi connectivity index (χ2v) is 19.2. The smallest absolute Gasteiger partial charge is 0.246 e. The van der Waals surface area contributed by atoms with E-state index in [0.29, 0.717) is 50.9 Å². The van der Waals surface area contributed by atoms with Gasteiger partial charge in [-0.15, -0.1) is 16.4 Å². The molecule has 3 aliphatic rings. The summed E-state index contributed by atoms with van der Waals surface area (Å²) in [5.74, 6) is -4.95. The van der Waals surface area contributed by atoms with Gasteiger partial charge in [-0.25, -0.2) is 4.68 Å². The largest absolute Gasteiger partial charge is 0.370 e. The first-order valence-corrected chi connectivity index (χ1v) is 24.7. The molecule has 5 heterocycles. The van der Waals surface area contributed by atoms with Crippen molar-refractivity contribution in [3.05, 3.63) is 84.0 Å². The van der Waals surface area contributed by atoms with Crippen LogP contribution in [0, 0.1) is 5.92 Å². The van der Waals surface area contributed by atoms with Gasteiger partial charge >= 0.3 is 0 Å². The molecule has 20 heteroatoms. The first kappa shape index (κ1) is 48.5. The van der Waals surface area contributed by atoms with Crippen LogP contribution in [0.2, 0.25) is 0 Å². The van der Waals surface area contributed by atoms with Gasteiger partial charge in [-0.3, -0.25) is 33.6 Å². The van der Waals surface area contributed by atoms with Crippen molar-refractivity contribution in [3.8, 4) is 21.7 Å². The fourth-order valence-corrected chi connectivity index (χ4v) is 10.4. The molecule has 0 spiro atoms. The Labute approximate surface area is 403 Å². The lowest BCUT2D eigenvalue weighted by atomic mass is 9.83. The van der Waals surface area contributed by atoms with Crippen LogP contribution in [0.3, 0.4) is 0 Å². The fourth-order valence-electron chi connectivity index (χ4n) is 9.66. The Kier molecular flexibility index (Phi) is 15.8. The van der Waals surface area contributed by atoms with Gasteiger partial charge in [0.15, 0.2) is 0 Å². The van der Waals surface area contributed by atoms with Gasteiger partial charge in [-0.1, -0.05) is 73.0 Å². The second kappa shape index (κ2) is 22.5. The zero-order valence-corrected chi connectivity index (χ0v) is 39.2. The number of nitrogens with one attached hydrogen (secondary N) is 6. The van der Waals surface area contributed by atoms with Crippen LogP contribution in [0.25, 0.3) is 32.6 Å². The number of primary amides is 1. The van der Waals surface area contributed by atoms with Crippen molar-refractivity contribution in [3.63, 3.8) is 0 Å². The molecule has 3 fully saturated rings. The van der Waals surface area contributed by atoms with E-state index in [0.717, 1.165) is 51.7 Å². The number of amides is 7. The van der Waals surface area contributed by atoms with E-state index in [1.165, 1.54) is 4.90 Å². The Morgan fingerprint density at radius 3 is 2.25 bits per heavy atom. The molecule has 1 aliphatic carbocycles. The van der Waals surface area contributed by atoms with Gasteiger partial charge in [-0.2, -0.15) is 0 Å². The lowest BCUT2D eigenvalue weighted by Crippen LogP contribution is -2.61. The van der Waals surface area contributed by atoms with Gasteiger partial charge in [0.1, 0.15) is 29.9 Å². The number of nitrogens with two attached hydrogens (primary N) is 2. The molecule has 3 aromatic heterocycles. The Hall–Kier alpha value is -6.93. The molecule has 10 N–H and O–H groups in total. The number of rotatable bonds is 8. The highest BCUT2D eigenvalue weighted by molar-refractivity contribution is 7.13. The lowest BCUT2D eigenvalue weighted by Gasteiger charge is -2.35. The van der Waals surface area contributed by atoms with E-state index in [1.807, 2.05) is 66.2 Å². The fraction of sp³-hybridized carbons (Fsp3) is 0.449. The average molecular weight is 961 g/mol. The molecular weight excluding hydrogens is 901 g/mol. The summed E-state index contributed by atoms with van der Waals surface area (Å²) in [5.41, 5.74) is 15.9. The predicted molar refractivity (Wildman–Crippen MR) is 259 cm³/mol. The third-order valence-corrected chi connectivity index (χ3v) is 14.3. The van der Waals surface area contributed by atoms with Gasteiger partial charge in [0.2, 0.25) is 41.4 Å². The lowest BCUT2D eigenvalue weighted by molar-refractivity contribution is -0.144. The third kappa shape index (κ3) is 12.0. The summed E-state index contributed by atoms with van der Waals surface area (Å²) in [6.45, 7) is 0.601. The van der Waals surface area contributed by atoms with Crippen molar-refractivity contribution in [1.82, 2.24) is 51.5 Å². The topological polar surface area (TPSA) is 281 Å². The summed E-state index contributed by atoms with van der Waals surface area (Å²) >= 11 is 1.64. The van der Waals surface area contributed by atoms with Gasteiger partial charge in [0, 0.05) is 60.0 Å². The molecule has 0 unspecified atom stereocenters. The quantitative estimate of drug-likeness (QED) is 0.113. The minimum absolute atomic E-state index is 0.00774. The number of hydrogen-bond acceptors (Lipinski definition) is 11. The first-order valence-electron chi connectivity index (χ1n) is 23.8. The molecule has 2 aromatic carbocycles. The molecule has 8 rings (SSSR count). The number of carbonyl (C=O) groups excluding carboxylic acids is 7. The highest BCUT2D eigenvalue weighted by Crippen LogP contribution is 2.34. The summed E-state index contributed by atoms with van der Waals surface area (Å²) in [6.07, 6.45) is 8.33. The molecule has 7 amide bonds. The normalized spacial score (nSPS) is 24.4. The van der Waals surface area contributed by atoms with Crippen LogP contribution in [-0.2, 0) is 40.0 Å². The summed E-state index contributed by atoms with van der Waals surface area (Å²) in [5, 5.41) is 26.0. The molecule has 0 radical (unpaired) electrons. The van der Waals surface area contributed by atoms with Crippen molar-refractivity contribution in [2.24, 2.45) is 17.4 Å². The van der Waals surface area contributed by atoms with Crippen LogP contribution >= 0.6 is 11.3 Å². The van der Waals surface area contributed by atoms with Crippen LogP contribution in [0.1, 0.15) is 82.2 Å². The minimum Gasteiger partial charge on any atom is -0.370 e. The third-order valence-electron chi connectivity index (χ3n) is 13.4. The van der Waals surface area contributed by atoms with E-state index < -0.39 is 84.0 Å². The average Bonchev–Trinajstić information content (AvgIpc) is 4.20. The number of H-pyrrole nitrogens is 1. The molecule has 69 heavy (non-hydrogen) atoms. The molecule has 2 aliphatic heterocycles. The maximum atomic E-state index is 15.3. The van der Waals surface area contributed by atoms with Gasteiger partial charge in [-0.05, 0) is 66.7 Å². The van der Waals surface area contributed by atoms with Crippen LogP contribution < -0.4 is 38.1 Å². The molecule has 5 aromatic rings. The van der Waals surface area contributed by atoms with Crippen molar-refractivity contribution in [2.75, 3.05) is 19.6 Å². The summed E-state index contributed by atoms with van der Waals surface area (Å²) < 4.78 is 1.65. The Morgan fingerprint density at radius 2 is 1.49 bits per heavy atom. The first-order chi connectivity index (χ1) is 33.4. The number of carbonyl (C=O) groups is 7. The van der Waals surface area contributed by atoms with Crippen molar-refractivity contribution >= 4 is 63.6 Å². The standard InChI is InChI=1S/C49H60N12O7S/c50-35-24-43(63)52-19-7-2-8-20-53-46(65)37(22-32-26-54-36-13-6-5-12-34(32)36)56-48(67)40-23-33(61-28-39(58-59-61)29-15-17-30(18-16-29)41-14-9-21-69-41)27-60(40)49(68)44(31-10-3-1-4-11-31)57-47(66)38(25-42(51)62)55-45(35)64/h5-6,9,12-18,21,26,28,31,33,35,37-38,40,44,54H,1-4,7-8,10-11,19-20,22-25,27,50H2,(H2,51,62)(H,52,63)(H,53,65)(H,55,64)(H,56,67)(H,57,66)/t33-,35-,37-,38-,40-,44-/m0/s1. The molecule has 6 atom stereocenters. The maximum absolute atomic E-state index is 15.3. The van der Waals surface area contributed by atoms with E-state index in [2.05, 4.69) is 47.9 Å². The summed E-state index contributed by atoms with van der Waals surface area (Å²) in [7, 11) is 0. The Bertz CT molecular complexity index is 2630. The number of aromatic amines is 1. The second-order valence-electron chi connectivity index (χ2n) is 18.3. The number of hydrogen-bond donors (Lipinski definition) is 8. The van der Waals surface area contributed by atoms with E-state index >= 15 is 4.79 Å². The maximum Gasteiger partial charge on any atom is 0.246 e. The molecular formula is C49H60N12O7S. The molecule has 19 nitrogen and oxygen atoms in total. The molecule has 1 saturated carbocycles. The van der Waals surface area contributed by atoms with Crippen molar-refractivity contribution < 1.29 is 33.6 Å². The number of benzene rings is 2. The summed E-state index contributed by atoms with van der Waals surface area (Å²) in [6, 6.07) is 12.9. The Balaban J connectivity index is 1.13. The molecule has 2 saturated heterocycles. The molecule has 0 bridgehead atoms. The SMILES string of the molecule is NC(=O)C[C@@H]1NC(=O)[C@@H](N)CC(=O)NCCCCCNC(=O)[C@H](Cc2c[nH]c3ccccc23)NC(=O)[C@@H]2C[C@H](n3cc(-c4ccc(-c5cccs5)cc4)nn3)CN2C(=O)[C@H](C2CCCCC2)NC1=O. The Morgan fingerprint density at radius 1 is 0.768 bits per heavy atom. The van der Waals surface area contributed by atoms with Crippen LogP contribution in [0.5, 0.6) is 0 Å². The highest BCUT2D eigenvalue weighted by Gasteiger charge is 2.46. The number of aromatic nitrogens is 4. The van der Waals surface area contributed by atoms with Gasteiger partial charge in [0.25, 0.3) is 0 Å². The van der Waals surface area contributed by atoms with E-state index in [1.54, 1.807) is 22.2 Å². The van der Waals surface area contributed by atoms with Gasteiger partial charge in [0.05, 0.1) is 31.1 Å². The van der Waals surface area contributed by atoms with E-state index in [4.69, 9.17) is 11.5 Å². The van der Waals surface area contributed by atoms with Crippen LogP contribution in [-0.4, -0.2) is 116 Å². The monoisotopic (exact) mass is 960 g/mol. The van der Waals surface area contributed by atoms with Gasteiger partial charge < -0.3 is 47.9 Å². The number of para-hydroxylation sites is 1. The molecule has 364 valence electrons. The van der Waals surface area contributed by atoms with Crippen molar-refractivity contribution in [2.45, 2.75) is 113 Å². The van der Waals surface area contributed by atoms with E-state index in [-0.39, 0.29) is 31.7 Å². The number of nitrogens with zero attached hydrogens (tertiary/aromatic N) is 4. The predicted octanol–water partition coefficient (Wildman–Crippen LogP) is 2.58.